The van der Waals surface area contributed by atoms with Crippen LogP contribution in [0.25, 0.3) is 0 Å². The first-order valence-electron chi connectivity index (χ1n) is 7.28. The van der Waals surface area contributed by atoms with Gasteiger partial charge in [-0.25, -0.2) is 0 Å². The first-order valence-corrected chi connectivity index (χ1v) is 7.69. The molecule has 5 nitrogen and oxygen atoms in total. The van der Waals surface area contributed by atoms with Gasteiger partial charge in [0.2, 0.25) is 0 Å². The molecule has 23 heavy (non-hydrogen) atoms. The van der Waals surface area contributed by atoms with Gasteiger partial charge in [0, 0.05) is 25.7 Å². The summed E-state index contributed by atoms with van der Waals surface area (Å²) in [6.45, 7) is 2.61. The van der Waals surface area contributed by atoms with Gasteiger partial charge in [0.1, 0.15) is 0 Å². The minimum Gasteiger partial charge on any atom is -0.358 e. The molecule has 6 heteroatoms. The lowest BCUT2D eigenvalue weighted by Gasteiger charge is -2.28. The van der Waals surface area contributed by atoms with Gasteiger partial charge in [-0.05, 0) is 30.3 Å². The highest BCUT2D eigenvalue weighted by atomic mass is 32.1. The summed E-state index contributed by atoms with van der Waals surface area (Å²) in [4.78, 5) is 12.4. The molecule has 0 bridgehead atoms. The van der Waals surface area contributed by atoms with Gasteiger partial charge in [0.25, 0.3) is 5.69 Å². The van der Waals surface area contributed by atoms with E-state index >= 15 is 0 Å². The highest BCUT2D eigenvalue weighted by molar-refractivity contribution is 7.80. The number of thiocarbonyl (C=S) groups is 1. The molecule has 0 spiro atoms. The lowest BCUT2D eigenvalue weighted by molar-refractivity contribution is -0.384. The minimum atomic E-state index is -0.387. The van der Waals surface area contributed by atoms with Crippen molar-refractivity contribution in [1.29, 1.82) is 0 Å². The van der Waals surface area contributed by atoms with Gasteiger partial charge in [-0.3, -0.25) is 10.1 Å². The molecule has 1 N–H and O–H groups in total. The molecule has 2 aromatic rings. The number of nitrogens with zero attached hydrogens (tertiary/aromatic N) is 2. The molecular weight excluding hydrogens is 310 g/mol. The summed E-state index contributed by atoms with van der Waals surface area (Å²) in [6, 6.07) is 16.6. The summed E-state index contributed by atoms with van der Waals surface area (Å²) < 4.78 is 0. The Hall–Kier alpha value is -2.47. The summed E-state index contributed by atoms with van der Waals surface area (Å²) >= 11 is 5.42. The topological polar surface area (TPSA) is 58.4 Å². The molecule has 0 aliphatic carbocycles. The highest BCUT2D eigenvalue weighted by Crippen LogP contribution is 2.23. The van der Waals surface area contributed by atoms with Crippen LogP contribution < -0.4 is 5.32 Å². The number of nitrogens with one attached hydrogen (secondary N) is 1. The molecule has 1 atom stereocenters. The fraction of sp³-hybridized carbons (Fsp3) is 0.235. The minimum absolute atomic E-state index is 0.0642. The van der Waals surface area contributed by atoms with Gasteiger partial charge in [-0.2, -0.15) is 0 Å². The maximum Gasteiger partial charge on any atom is 0.269 e. The van der Waals surface area contributed by atoms with Gasteiger partial charge in [-0.1, -0.05) is 42.5 Å². The Labute approximate surface area is 141 Å². The maximum absolute atomic E-state index is 10.9. The van der Waals surface area contributed by atoms with E-state index in [1.165, 1.54) is 6.07 Å². The number of nitro groups is 1. The molecule has 0 aromatic heterocycles. The van der Waals surface area contributed by atoms with E-state index in [1.807, 2.05) is 55.3 Å². The molecule has 0 amide bonds. The molecule has 0 saturated heterocycles. The molecular formula is C17H19N3O2S. The van der Waals surface area contributed by atoms with Crippen molar-refractivity contribution in [2.75, 3.05) is 7.05 Å². The first-order chi connectivity index (χ1) is 11.0. The summed E-state index contributed by atoms with van der Waals surface area (Å²) in [5.74, 6) is 0. The fourth-order valence-corrected chi connectivity index (χ4v) is 2.43. The smallest absolute Gasteiger partial charge is 0.269 e. The van der Waals surface area contributed by atoms with Crippen molar-refractivity contribution in [1.82, 2.24) is 10.2 Å². The lowest BCUT2D eigenvalue weighted by atomic mass is 10.1. The Bertz CT molecular complexity index is 691. The fourth-order valence-electron chi connectivity index (χ4n) is 2.20. The Morgan fingerprint density at radius 2 is 1.96 bits per heavy atom. The normalized spacial score (nSPS) is 11.6. The van der Waals surface area contributed by atoms with Gasteiger partial charge < -0.3 is 10.2 Å². The SMILES string of the molecule is C[C@H](c1cccc([N+](=O)[O-])c1)N(C)C(=S)NCc1ccccc1. The van der Waals surface area contributed by atoms with Crippen LogP contribution in [0.4, 0.5) is 5.69 Å². The summed E-state index contributed by atoms with van der Waals surface area (Å²) in [6.07, 6.45) is 0. The molecule has 0 aliphatic rings. The zero-order valence-electron chi connectivity index (χ0n) is 13.1. The van der Waals surface area contributed by atoms with E-state index in [9.17, 15) is 10.1 Å². The van der Waals surface area contributed by atoms with Crippen molar-refractivity contribution < 1.29 is 4.92 Å². The predicted octanol–water partition coefficient (Wildman–Crippen LogP) is 3.66. The zero-order chi connectivity index (χ0) is 16.8. The van der Waals surface area contributed by atoms with Gasteiger partial charge in [0.05, 0.1) is 11.0 Å². The summed E-state index contributed by atoms with van der Waals surface area (Å²) in [5.41, 5.74) is 2.09. The van der Waals surface area contributed by atoms with Crippen LogP contribution in [0.5, 0.6) is 0 Å². The van der Waals surface area contributed by atoms with E-state index in [1.54, 1.807) is 12.1 Å². The van der Waals surface area contributed by atoms with Crippen molar-refractivity contribution in [3.05, 3.63) is 75.8 Å². The van der Waals surface area contributed by atoms with E-state index in [0.717, 1.165) is 11.1 Å². The zero-order valence-corrected chi connectivity index (χ0v) is 13.9. The lowest BCUT2D eigenvalue weighted by Crippen LogP contribution is -2.38. The van der Waals surface area contributed by atoms with Crippen LogP contribution in [0.1, 0.15) is 24.1 Å². The van der Waals surface area contributed by atoms with Crippen molar-refractivity contribution in [2.24, 2.45) is 0 Å². The Kier molecular flexibility index (Phi) is 5.65. The number of nitro benzene ring substituents is 1. The van der Waals surface area contributed by atoms with Crippen LogP contribution in [-0.4, -0.2) is 22.0 Å². The highest BCUT2D eigenvalue weighted by Gasteiger charge is 2.16. The largest absolute Gasteiger partial charge is 0.358 e. The number of benzene rings is 2. The second-order valence-electron chi connectivity index (χ2n) is 5.28. The van der Waals surface area contributed by atoms with Crippen LogP contribution in [0, 0.1) is 10.1 Å². The molecule has 120 valence electrons. The third kappa shape index (κ3) is 4.50. The first kappa shape index (κ1) is 16.9. The number of non-ortho nitro benzene ring substituents is 1. The average Bonchev–Trinajstić information content (AvgIpc) is 2.59. The van der Waals surface area contributed by atoms with Gasteiger partial charge in [0.15, 0.2) is 5.11 Å². The Balaban J connectivity index is 2.01. The molecule has 2 rings (SSSR count). The third-order valence-electron chi connectivity index (χ3n) is 3.75. The standard InChI is InChI=1S/C17H19N3O2S/c1-13(15-9-6-10-16(11-15)20(21)22)19(2)17(23)18-12-14-7-4-3-5-8-14/h3-11,13H,12H2,1-2H3,(H,18,23)/t13-/m1/s1. The number of hydrogen-bond donors (Lipinski definition) is 1. The van der Waals surface area contributed by atoms with Crippen molar-refractivity contribution >= 4 is 23.0 Å². The van der Waals surface area contributed by atoms with Crippen molar-refractivity contribution in [3.63, 3.8) is 0 Å². The molecule has 0 unspecified atom stereocenters. The van der Waals surface area contributed by atoms with Crippen molar-refractivity contribution in [3.8, 4) is 0 Å². The van der Waals surface area contributed by atoms with E-state index in [-0.39, 0.29) is 16.7 Å². The second-order valence-corrected chi connectivity index (χ2v) is 5.67. The summed E-state index contributed by atoms with van der Waals surface area (Å²) in [7, 11) is 1.88. The number of rotatable bonds is 5. The summed E-state index contributed by atoms with van der Waals surface area (Å²) in [5, 5.41) is 14.7. The van der Waals surface area contributed by atoms with E-state index in [2.05, 4.69) is 5.32 Å². The molecule has 0 radical (unpaired) electrons. The molecule has 0 saturated carbocycles. The second kappa shape index (κ2) is 7.69. The van der Waals surface area contributed by atoms with Gasteiger partial charge in [-0.15, -0.1) is 0 Å². The predicted molar refractivity (Wildman–Crippen MR) is 95.2 cm³/mol. The van der Waals surface area contributed by atoms with E-state index in [0.29, 0.717) is 11.7 Å². The van der Waals surface area contributed by atoms with Crippen LogP contribution in [-0.2, 0) is 6.54 Å². The van der Waals surface area contributed by atoms with Crippen LogP contribution in [0.15, 0.2) is 54.6 Å². The number of hydrogen-bond acceptors (Lipinski definition) is 3. The quantitative estimate of drug-likeness (QED) is 0.515. The average molecular weight is 329 g/mol. The monoisotopic (exact) mass is 329 g/mol. The van der Waals surface area contributed by atoms with Crippen LogP contribution in [0.3, 0.4) is 0 Å². The molecule has 0 heterocycles. The third-order valence-corrected chi connectivity index (χ3v) is 4.18. The molecule has 0 aliphatic heterocycles. The van der Waals surface area contributed by atoms with E-state index < -0.39 is 0 Å². The Morgan fingerprint density at radius 3 is 2.61 bits per heavy atom. The molecule has 0 fully saturated rings. The van der Waals surface area contributed by atoms with E-state index in [4.69, 9.17) is 12.2 Å². The maximum atomic E-state index is 10.9. The van der Waals surface area contributed by atoms with Crippen LogP contribution >= 0.6 is 12.2 Å². The van der Waals surface area contributed by atoms with Crippen molar-refractivity contribution in [2.45, 2.75) is 19.5 Å². The van der Waals surface area contributed by atoms with Gasteiger partial charge >= 0.3 is 0 Å². The Morgan fingerprint density at radius 1 is 1.26 bits per heavy atom. The molecule has 2 aromatic carbocycles. The van der Waals surface area contributed by atoms with Crippen LogP contribution in [0.2, 0.25) is 0 Å².